The average Bonchev–Trinajstić information content (AvgIpc) is 2.60. The van der Waals surface area contributed by atoms with Crippen LogP contribution >= 0.6 is 27.7 Å². The molecule has 0 N–H and O–H groups in total. The summed E-state index contributed by atoms with van der Waals surface area (Å²) in [5.74, 6) is 1.46. The van der Waals surface area contributed by atoms with Crippen LogP contribution in [0.5, 0.6) is 5.75 Å². The van der Waals surface area contributed by atoms with Gasteiger partial charge in [-0.2, -0.15) is 0 Å². The molecule has 0 bridgehead atoms. The highest BCUT2D eigenvalue weighted by Gasteiger charge is 2.22. The second kappa shape index (κ2) is 7.41. The summed E-state index contributed by atoms with van der Waals surface area (Å²) in [5.41, 5.74) is 2.22. The fourth-order valence-electron chi connectivity index (χ4n) is 2.71. The molecule has 2 aromatic carbocycles. The van der Waals surface area contributed by atoms with Gasteiger partial charge in [-0.05, 0) is 60.9 Å². The third-order valence-corrected chi connectivity index (χ3v) is 5.41. The van der Waals surface area contributed by atoms with Gasteiger partial charge in [-0.3, -0.25) is 4.79 Å². The molecule has 2 aromatic rings. The summed E-state index contributed by atoms with van der Waals surface area (Å²) in [6, 6.07) is 14.0. The van der Waals surface area contributed by atoms with Gasteiger partial charge < -0.3 is 9.64 Å². The number of ether oxygens (including phenoxy) is 1. The second-order valence-electron chi connectivity index (χ2n) is 5.39. The van der Waals surface area contributed by atoms with Crippen LogP contribution in [0, 0.1) is 0 Å². The first-order valence-electron chi connectivity index (χ1n) is 7.53. The van der Waals surface area contributed by atoms with Gasteiger partial charge >= 0.3 is 0 Å². The smallest absolute Gasteiger partial charge is 0.237 e. The number of nitrogens with zero attached hydrogens (tertiary/aromatic N) is 1. The Morgan fingerprint density at radius 1 is 1.26 bits per heavy atom. The maximum absolute atomic E-state index is 12.6. The van der Waals surface area contributed by atoms with Crippen LogP contribution in [0.25, 0.3) is 0 Å². The summed E-state index contributed by atoms with van der Waals surface area (Å²) in [6.07, 6.45) is 1.99. The van der Waals surface area contributed by atoms with E-state index in [2.05, 4.69) is 15.9 Å². The number of aryl methyl sites for hydroxylation is 1. The molecule has 120 valence electrons. The Hall–Kier alpha value is -1.46. The molecule has 1 heterocycles. The number of carbonyl (C=O) groups excluding carboxylic acids is 1. The van der Waals surface area contributed by atoms with Crippen LogP contribution in [0.1, 0.15) is 12.0 Å². The van der Waals surface area contributed by atoms with Crippen LogP contribution in [0.4, 0.5) is 5.69 Å². The minimum absolute atomic E-state index is 0.157. The Morgan fingerprint density at radius 2 is 2.04 bits per heavy atom. The first kappa shape index (κ1) is 16.4. The number of benzene rings is 2. The van der Waals surface area contributed by atoms with E-state index in [1.54, 1.807) is 18.9 Å². The molecule has 23 heavy (non-hydrogen) atoms. The average molecular weight is 392 g/mol. The van der Waals surface area contributed by atoms with Crippen LogP contribution in [-0.4, -0.2) is 25.3 Å². The van der Waals surface area contributed by atoms with E-state index in [-0.39, 0.29) is 5.91 Å². The summed E-state index contributed by atoms with van der Waals surface area (Å²) < 4.78 is 6.33. The highest BCUT2D eigenvalue weighted by molar-refractivity contribution is 9.10. The maximum atomic E-state index is 12.6. The first-order valence-corrected chi connectivity index (χ1v) is 9.31. The van der Waals surface area contributed by atoms with E-state index >= 15 is 0 Å². The van der Waals surface area contributed by atoms with Gasteiger partial charge in [0.1, 0.15) is 5.75 Å². The number of anilines is 1. The molecule has 3 rings (SSSR count). The molecule has 3 nitrogen and oxygen atoms in total. The van der Waals surface area contributed by atoms with E-state index in [1.807, 2.05) is 47.4 Å². The third kappa shape index (κ3) is 3.90. The molecule has 1 aliphatic rings. The quantitative estimate of drug-likeness (QED) is 0.717. The number of halogens is 1. The highest BCUT2D eigenvalue weighted by atomic mass is 79.9. The van der Waals surface area contributed by atoms with Gasteiger partial charge in [0.2, 0.25) is 5.91 Å². The Bertz CT molecular complexity index is 703. The van der Waals surface area contributed by atoms with Crippen LogP contribution < -0.4 is 9.64 Å². The zero-order valence-electron chi connectivity index (χ0n) is 12.9. The van der Waals surface area contributed by atoms with Gasteiger partial charge in [-0.1, -0.05) is 15.9 Å². The molecule has 5 heteroatoms. The third-order valence-electron chi connectivity index (χ3n) is 3.88. The predicted octanol–water partition coefficient (Wildman–Crippen LogP) is 4.53. The topological polar surface area (TPSA) is 29.5 Å². The summed E-state index contributed by atoms with van der Waals surface area (Å²) in [7, 11) is 1.67. The lowest BCUT2D eigenvalue weighted by atomic mass is 10.0. The molecule has 1 amide bonds. The van der Waals surface area contributed by atoms with Crippen molar-refractivity contribution in [2.24, 2.45) is 0 Å². The van der Waals surface area contributed by atoms with Crippen molar-refractivity contribution in [2.75, 3.05) is 24.3 Å². The van der Waals surface area contributed by atoms with E-state index in [4.69, 9.17) is 4.74 Å². The fourth-order valence-corrected chi connectivity index (χ4v) is 3.75. The van der Waals surface area contributed by atoms with Crippen molar-refractivity contribution in [3.05, 3.63) is 52.5 Å². The van der Waals surface area contributed by atoms with Crippen LogP contribution in [0.3, 0.4) is 0 Å². The first-order chi connectivity index (χ1) is 11.2. The van der Waals surface area contributed by atoms with Crippen molar-refractivity contribution < 1.29 is 9.53 Å². The molecule has 0 radical (unpaired) electrons. The molecular weight excluding hydrogens is 374 g/mol. The zero-order valence-corrected chi connectivity index (χ0v) is 15.3. The Kier molecular flexibility index (Phi) is 5.28. The normalized spacial score (nSPS) is 13.6. The highest BCUT2D eigenvalue weighted by Crippen LogP contribution is 2.31. The number of thioether (sulfide) groups is 1. The molecule has 1 aliphatic heterocycles. The Labute approximate surface area is 149 Å². The standard InChI is InChI=1S/C18H18BrNO2S/c1-22-15-6-9-17-13(11-15)3-2-10-20(17)18(21)12-23-16-7-4-14(19)5-8-16/h4-9,11H,2-3,10,12H2,1H3. The zero-order chi connectivity index (χ0) is 16.2. The lowest BCUT2D eigenvalue weighted by molar-refractivity contribution is -0.116. The molecular formula is C18H18BrNO2S. The van der Waals surface area contributed by atoms with Crippen LogP contribution in [0.2, 0.25) is 0 Å². The molecule has 0 atom stereocenters. The summed E-state index contributed by atoms with van der Waals surface area (Å²) in [4.78, 5) is 15.6. The monoisotopic (exact) mass is 391 g/mol. The van der Waals surface area contributed by atoms with E-state index in [0.29, 0.717) is 5.75 Å². The van der Waals surface area contributed by atoms with Crippen molar-refractivity contribution >= 4 is 39.3 Å². The number of hydrogen-bond acceptors (Lipinski definition) is 3. The fraction of sp³-hybridized carbons (Fsp3) is 0.278. The number of hydrogen-bond donors (Lipinski definition) is 0. The van der Waals surface area contributed by atoms with Gasteiger partial charge in [0.05, 0.1) is 12.9 Å². The minimum atomic E-state index is 0.157. The second-order valence-corrected chi connectivity index (χ2v) is 7.35. The van der Waals surface area contributed by atoms with Gasteiger partial charge in [-0.25, -0.2) is 0 Å². The lowest BCUT2D eigenvalue weighted by Crippen LogP contribution is -2.36. The molecule has 0 saturated carbocycles. The van der Waals surface area contributed by atoms with Crippen molar-refractivity contribution in [2.45, 2.75) is 17.7 Å². The molecule has 0 fully saturated rings. The minimum Gasteiger partial charge on any atom is -0.497 e. The van der Waals surface area contributed by atoms with Crippen LogP contribution in [0.15, 0.2) is 51.8 Å². The van der Waals surface area contributed by atoms with E-state index < -0.39 is 0 Å². The number of carbonyl (C=O) groups is 1. The molecule has 0 aromatic heterocycles. The summed E-state index contributed by atoms with van der Waals surface area (Å²) in [5, 5.41) is 0. The van der Waals surface area contributed by atoms with Gasteiger partial charge in [0, 0.05) is 21.6 Å². The van der Waals surface area contributed by atoms with E-state index in [9.17, 15) is 4.79 Å². The van der Waals surface area contributed by atoms with Crippen LogP contribution in [-0.2, 0) is 11.2 Å². The lowest BCUT2D eigenvalue weighted by Gasteiger charge is -2.29. The molecule has 0 unspecified atom stereocenters. The maximum Gasteiger partial charge on any atom is 0.237 e. The SMILES string of the molecule is COc1ccc2c(c1)CCCN2C(=O)CSc1ccc(Br)cc1. The Balaban J connectivity index is 1.70. The van der Waals surface area contributed by atoms with Gasteiger partial charge in [0.15, 0.2) is 0 Å². The van der Waals surface area contributed by atoms with Crippen molar-refractivity contribution in [3.8, 4) is 5.75 Å². The van der Waals surface area contributed by atoms with Gasteiger partial charge in [-0.15, -0.1) is 11.8 Å². The summed E-state index contributed by atoms with van der Waals surface area (Å²) in [6.45, 7) is 0.791. The number of amides is 1. The van der Waals surface area contributed by atoms with Crippen molar-refractivity contribution in [1.82, 2.24) is 0 Å². The van der Waals surface area contributed by atoms with Crippen molar-refractivity contribution in [1.29, 1.82) is 0 Å². The molecule has 0 aliphatic carbocycles. The summed E-state index contributed by atoms with van der Waals surface area (Å²) >= 11 is 5.00. The van der Waals surface area contributed by atoms with E-state index in [1.165, 1.54) is 5.56 Å². The number of rotatable bonds is 4. The molecule has 0 saturated heterocycles. The van der Waals surface area contributed by atoms with Gasteiger partial charge in [0.25, 0.3) is 0 Å². The predicted molar refractivity (Wildman–Crippen MR) is 98.5 cm³/mol. The van der Waals surface area contributed by atoms with Crippen molar-refractivity contribution in [3.63, 3.8) is 0 Å². The Morgan fingerprint density at radius 3 is 2.78 bits per heavy atom. The molecule has 0 spiro atoms. The number of fused-ring (bicyclic) bond motifs is 1. The van der Waals surface area contributed by atoms with E-state index in [0.717, 1.165) is 40.2 Å². The number of methoxy groups -OCH3 is 1. The largest absolute Gasteiger partial charge is 0.497 e.